The van der Waals surface area contributed by atoms with Crippen LogP contribution in [0.2, 0.25) is 0 Å². The van der Waals surface area contributed by atoms with E-state index < -0.39 is 0 Å². The fourth-order valence-electron chi connectivity index (χ4n) is 2.68. The summed E-state index contributed by atoms with van der Waals surface area (Å²) in [5, 5.41) is 3.56. The zero-order valence-corrected chi connectivity index (χ0v) is 11.8. The SMILES string of the molecule is CC1=CN=C2C(NCCc3ccccc3)=CCC=CC12. The minimum Gasteiger partial charge on any atom is -0.383 e. The third kappa shape index (κ3) is 2.74. The van der Waals surface area contributed by atoms with Crippen LogP contribution in [-0.4, -0.2) is 12.3 Å². The summed E-state index contributed by atoms with van der Waals surface area (Å²) in [6.45, 7) is 3.10. The first-order valence-corrected chi connectivity index (χ1v) is 7.24. The Labute approximate surface area is 120 Å². The summed E-state index contributed by atoms with van der Waals surface area (Å²) in [6, 6.07) is 10.6. The van der Waals surface area contributed by atoms with E-state index in [1.807, 2.05) is 6.20 Å². The number of hydrogen-bond donors (Lipinski definition) is 1. The maximum Gasteiger partial charge on any atom is 0.0741 e. The zero-order valence-electron chi connectivity index (χ0n) is 11.8. The van der Waals surface area contributed by atoms with E-state index in [9.17, 15) is 0 Å². The Morgan fingerprint density at radius 1 is 1.25 bits per heavy atom. The Kier molecular flexibility index (Phi) is 3.82. The lowest BCUT2D eigenvalue weighted by molar-refractivity contribution is 0.804. The van der Waals surface area contributed by atoms with E-state index in [2.05, 4.69) is 65.8 Å². The van der Waals surface area contributed by atoms with Crippen molar-refractivity contribution in [2.75, 3.05) is 6.54 Å². The monoisotopic (exact) mass is 264 g/mol. The number of nitrogens with zero attached hydrogens (tertiary/aromatic N) is 1. The third-order valence-corrected chi connectivity index (χ3v) is 3.83. The van der Waals surface area contributed by atoms with E-state index in [1.54, 1.807) is 0 Å². The molecule has 20 heavy (non-hydrogen) atoms. The minimum absolute atomic E-state index is 0.368. The van der Waals surface area contributed by atoms with Crippen LogP contribution in [0.4, 0.5) is 0 Å². The predicted octanol–water partition coefficient (Wildman–Crippen LogP) is 3.64. The normalized spacial score (nSPS) is 20.6. The highest BCUT2D eigenvalue weighted by Crippen LogP contribution is 2.26. The molecule has 0 aromatic heterocycles. The van der Waals surface area contributed by atoms with Crippen LogP contribution >= 0.6 is 0 Å². The van der Waals surface area contributed by atoms with Gasteiger partial charge in [-0.05, 0) is 30.9 Å². The molecule has 0 saturated heterocycles. The van der Waals surface area contributed by atoms with Gasteiger partial charge in [0.2, 0.25) is 0 Å². The number of nitrogens with one attached hydrogen (secondary N) is 1. The summed E-state index contributed by atoms with van der Waals surface area (Å²) in [5.74, 6) is 0.368. The van der Waals surface area contributed by atoms with Gasteiger partial charge in [-0.2, -0.15) is 0 Å². The number of benzene rings is 1. The molecule has 1 aromatic rings. The summed E-state index contributed by atoms with van der Waals surface area (Å²) in [5.41, 5.74) is 5.06. The van der Waals surface area contributed by atoms with Crippen LogP contribution in [0.15, 0.2) is 71.0 Å². The van der Waals surface area contributed by atoms with E-state index in [1.165, 1.54) is 22.5 Å². The maximum absolute atomic E-state index is 4.58. The molecule has 1 N–H and O–H groups in total. The average Bonchev–Trinajstić information content (AvgIpc) is 2.72. The van der Waals surface area contributed by atoms with Crippen molar-refractivity contribution in [2.24, 2.45) is 10.9 Å². The molecule has 0 bridgehead atoms. The molecule has 0 radical (unpaired) electrons. The fraction of sp³-hybridized carbons (Fsp3) is 0.278. The molecule has 1 atom stereocenters. The van der Waals surface area contributed by atoms with Crippen LogP contribution in [0, 0.1) is 5.92 Å². The van der Waals surface area contributed by atoms with Crippen LogP contribution in [0.25, 0.3) is 0 Å². The molecular weight excluding hydrogens is 244 g/mol. The number of rotatable bonds is 4. The van der Waals surface area contributed by atoms with Gasteiger partial charge in [-0.25, -0.2) is 0 Å². The Morgan fingerprint density at radius 3 is 2.95 bits per heavy atom. The van der Waals surface area contributed by atoms with Crippen LogP contribution in [0.1, 0.15) is 18.9 Å². The van der Waals surface area contributed by atoms with E-state index >= 15 is 0 Å². The highest BCUT2D eigenvalue weighted by atomic mass is 14.9. The van der Waals surface area contributed by atoms with E-state index in [0.717, 1.165) is 19.4 Å². The largest absolute Gasteiger partial charge is 0.383 e. The molecule has 1 aromatic carbocycles. The number of aliphatic imine (C=N–C) groups is 1. The maximum atomic E-state index is 4.58. The number of fused-ring (bicyclic) bond motifs is 1. The predicted molar refractivity (Wildman–Crippen MR) is 84.7 cm³/mol. The topological polar surface area (TPSA) is 24.4 Å². The zero-order chi connectivity index (χ0) is 13.8. The van der Waals surface area contributed by atoms with Gasteiger partial charge in [-0.3, -0.25) is 4.99 Å². The van der Waals surface area contributed by atoms with Gasteiger partial charge in [0.25, 0.3) is 0 Å². The van der Waals surface area contributed by atoms with Gasteiger partial charge < -0.3 is 5.32 Å². The first-order chi connectivity index (χ1) is 9.84. The van der Waals surface area contributed by atoms with E-state index in [0.29, 0.717) is 5.92 Å². The van der Waals surface area contributed by atoms with Gasteiger partial charge in [0.05, 0.1) is 11.4 Å². The lowest BCUT2D eigenvalue weighted by atomic mass is 9.96. The Balaban J connectivity index is 1.62. The van der Waals surface area contributed by atoms with Crippen molar-refractivity contribution < 1.29 is 0 Å². The summed E-state index contributed by atoms with van der Waals surface area (Å²) < 4.78 is 0. The summed E-state index contributed by atoms with van der Waals surface area (Å²) >= 11 is 0. The van der Waals surface area contributed by atoms with Crippen LogP contribution in [-0.2, 0) is 6.42 Å². The molecule has 0 fully saturated rings. The quantitative estimate of drug-likeness (QED) is 0.825. The number of hydrogen-bond acceptors (Lipinski definition) is 2. The van der Waals surface area contributed by atoms with Gasteiger partial charge in [0.15, 0.2) is 0 Å². The van der Waals surface area contributed by atoms with Crippen molar-refractivity contribution in [1.82, 2.24) is 5.32 Å². The van der Waals surface area contributed by atoms with Crippen molar-refractivity contribution in [3.63, 3.8) is 0 Å². The molecule has 2 aliphatic rings. The summed E-state index contributed by atoms with van der Waals surface area (Å²) in [7, 11) is 0. The molecule has 0 spiro atoms. The molecular formula is C18H20N2. The molecule has 1 heterocycles. The standard InChI is InChI=1S/C18H20N2/c1-14-13-20-18-16(14)9-5-6-10-17(18)19-12-11-15-7-3-2-4-8-15/h2-5,7-10,13,16,19H,6,11-12H2,1H3. The highest BCUT2D eigenvalue weighted by molar-refractivity contribution is 6.06. The molecule has 3 rings (SSSR count). The van der Waals surface area contributed by atoms with Crippen LogP contribution < -0.4 is 5.32 Å². The second kappa shape index (κ2) is 5.91. The van der Waals surface area contributed by atoms with E-state index in [-0.39, 0.29) is 0 Å². The van der Waals surface area contributed by atoms with Crippen molar-refractivity contribution in [2.45, 2.75) is 19.8 Å². The van der Waals surface area contributed by atoms with Crippen molar-refractivity contribution in [1.29, 1.82) is 0 Å². The van der Waals surface area contributed by atoms with Crippen molar-refractivity contribution in [3.05, 3.63) is 71.6 Å². The molecule has 2 nitrogen and oxygen atoms in total. The molecule has 1 aliphatic heterocycles. The minimum atomic E-state index is 0.368. The van der Waals surface area contributed by atoms with Crippen LogP contribution in [0.3, 0.4) is 0 Å². The average molecular weight is 264 g/mol. The molecule has 1 aliphatic carbocycles. The fourth-order valence-corrected chi connectivity index (χ4v) is 2.68. The van der Waals surface area contributed by atoms with Gasteiger partial charge in [0, 0.05) is 18.7 Å². The molecule has 102 valence electrons. The molecule has 1 unspecified atom stereocenters. The second-order valence-corrected chi connectivity index (χ2v) is 5.31. The van der Waals surface area contributed by atoms with Gasteiger partial charge in [0.1, 0.15) is 0 Å². The van der Waals surface area contributed by atoms with Gasteiger partial charge in [-0.15, -0.1) is 0 Å². The Bertz CT molecular complexity index is 591. The first kappa shape index (κ1) is 12.9. The van der Waals surface area contributed by atoms with Crippen molar-refractivity contribution >= 4 is 5.71 Å². The highest BCUT2D eigenvalue weighted by Gasteiger charge is 2.23. The third-order valence-electron chi connectivity index (χ3n) is 3.83. The summed E-state index contributed by atoms with van der Waals surface area (Å²) in [4.78, 5) is 4.58. The smallest absolute Gasteiger partial charge is 0.0741 e. The van der Waals surface area contributed by atoms with Crippen molar-refractivity contribution in [3.8, 4) is 0 Å². The second-order valence-electron chi connectivity index (χ2n) is 5.31. The molecule has 0 saturated carbocycles. The van der Waals surface area contributed by atoms with E-state index in [4.69, 9.17) is 0 Å². The first-order valence-electron chi connectivity index (χ1n) is 7.24. The van der Waals surface area contributed by atoms with Crippen LogP contribution in [0.5, 0.6) is 0 Å². The van der Waals surface area contributed by atoms with Gasteiger partial charge >= 0.3 is 0 Å². The molecule has 0 amide bonds. The Morgan fingerprint density at radius 2 is 2.10 bits per heavy atom. The number of allylic oxidation sites excluding steroid dienone is 5. The summed E-state index contributed by atoms with van der Waals surface area (Å²) in [6.07, 6.45) is 10.7. The lowest BCUT2D eigenvalue weighted by Crippen LogP contribution is -2.25. The molecule has 2 heteroatoms. The lowest BCUT2D eigenvalue weighted by Gasteiger charge is -2.15. The Hall–Kier alpha value is -2.09. The van der Waals surface area contributed by atoms with Gasteiger partial charge in [-0.1, -0.05) is 48.6 Å².